The Hall–Kier alpha value is -4.32. The molecule has 0 aliphatic rings. The van der Waals surface area contributed by atoms with Crippen LogP contribution in [0.3, 0.4) is 0 Å². The average Bonchev–Trinajstić information content (AvgIpc) is 3.53. The van der Waals surface area contributed by atoms with Gasteiger partial charge in [0.05, 0.1) is 11.0 Å². The van der Waals surface area contributed by atoms with Crippen molar-refractivity contribution in [2.45, 2.75) is 47.0 Å². The molecule has 0 saturated heterocycles. The van der Waals surface area contributed by atoms with Gasteiger partial charge in [-0.05, 0) is 53.5 Å². The van der Waals surface area contributed by atoms with Crippen LogP contribution < -0.4 is 0 Å². The zero-order valence-electron chi connectivity index (χ0n) is 36.0. The number of hydrogen-bond acceptors (Lipinski definition) is 3. The van der Waals surface area contributed by atoms with Crippen molar-refractivity contribution in [3.8, 4) is 22.5 Å². The van der Waals surface area contributed by atoms with Crippen LogP contribution in [-0.4, -0.2) is 16.1 Å². The van der Waals surface area contributed by atoms with Crippen molar-refractivity contribution in [1.82, 2.24) is 9.97 Å². The van der Waals surface area contributed by atoms with Crippen LogP contribution in [0.4, 0.5) is 13.2 Å². The molecular weight excluding hydrogens is 774 g/mol. The molecule has 0 fully saturated rings. The summed E-state index contributed by atoms with van der Waals surface area (Å²) in [6.07, 6.45) is -5.82. The van der Waals surface area contributed by atoms with Gasteiger partial charge in [0, 0.05) is 58.3 Å². The van der Waals surface area contributed by atoms with Crippen LogP contribution in [0, 0.1) is 38.1 Å². The number of fused-ring (bicyclic) bond motifs is 5. The molecule has 4 aromatic carbocycles. The molecule has 3 nitrogen and oxygen atoms in total. The van der Waals surface area contributed by atoms with Crippen LogP contribution in [-0.2, 0) is 26.5 Å². The van der Waals surface area contributed by atoms with E-state index in [-0.39, 0.29) is 42.5 Å². The van der Waals surface area contributed by atoms with Gasteiger partial charge in [0.1, 0.15) is 5.58 Å². The number of halogens is 3. The molecule has 241 valence electrons. The number of benzene rings is 4. The molecule has 7 rings (SSSR count). The van der Waals surface area contributed by atoms with E-state index in [1.165, 1.54) is 24.4 Å². The first kappa shape index (κ1) is 22.3. The molecule has 0 aliphatic carbocycles. The second-order valence-electron chi connectivity index (χ2n) is 11.1. The molecule has 0 atom stereocenters. The third kappa shape index (κ3) is 7.02. The molecule has 0 unspecified atom stereocenters. The zero-order chi connectivity index (χ0) is 41.9. The van der Waals surface area contributed by atoms with Crippen molar-refractivity contribution in [2.75, 3.05) is 0 Å². The van der Waals surface area contributed by atoms with Crippen LogP contribution in [0.1, 0.15) is 51.2 Å². The van der Waals surface area contributed by atoms with Gasteiger partial charge in [-0.3, -0.25) is 0 Å². The van der Waals surface area contributed by atoms with Crippen LogP contribution >= 0.6 is 0 Å². The SMILES string of the molecule is [2H]C([2H])([2H])c1c[c-]c(-c2ccc(C([2H])([2H])[2H])cn2)cc1.[2H]C([2H])([2H])c1cnc(-c2[c-]ccc3c2oc2c4ccccc4ccc32)cc1C([2H])([2H])C(C)(C)C(F)(F)F.[Ir]. The van der Waals surface area contributed by atoms with Crippen molar-refractivity contribution >= 4 is 32.7 Å². The normalized spacial score (nSPS) is 16.3. The molecule has 0 amide bonds. The molecule has 0 spiro atoms. The minimum absolute atomic E-state index is 0. The fraction of sp³-hybridized carbons (Fsp3) is 0.200. The summed E-state index contributed by atoms with van der Waals surface area (Å²) in [6, 6.07) is 29.4. The number of pyridine rings is 2. The third-order valence-corrected chi connectivity index (χ3v) is 7.49. The Morgan fingerprint density at radius 1 is 0.787 bits per heavy atom. The maximum absolute atomic E-state index is 13.9. The summed E-state index contributed by atoms with van der Waals surface area (Å²) >= 11 is 0. The number of furan rings is 1. The van der Waals surface area contributed by atoms with E-state index in [9.17, 15) is 13.2 Å². The number of alkyl halides is 3. The van der Waals surface area contributed by atoms with Gasteiger partial charge < -0.3 is 14.4 Å². The van der Waals surface area contributed by atoms with Crippen molar-refractivity contribution < 1.29 is 52.8 Å². The zero-order valence-corrected chi connectivity index (χ0v) is 27.4. The standard InChI is InChI=1S/C27H21F3NO.C13H12N.Ir/c1-16-15-31-23(13-18(16)14-26(2,3)27(28,29)30)22-10-6-9-20-21-12-11-17-7-4-5-8-19(17)24(21)32-25(20)22;1-10-3-6-12(7-4-10)13-8-5-11(2)9-14-13;/h4-9,11-13,15H,14H2,1-3H3;3-6,8-9H,1-2H3;/q2*-1;/i1D3,14D2;1D3,2D3;. The van der Waals surface area contributed by atoms with Gasteiger partial charge in [-0.25, -0.2) is 0 Å². The van der Waals surface area contributed by atoms with Crippen LogP contribution in [0.25, 0.3) is 55.2 Å². The molecule has 3 heterocycles. The van der Waals surface area contributed by atoms with Crippen molar-refractivity contribution in [3.05, 3.63) is 132 Å². The summed E-state index contributed by atoms with van der Waals surface area (Å²) in [5.74, 6) is 0. The Labute approximate surface area is 301 Å². The molecule has 7 heteroatoms. The summed E-state index contributed by atoms with van der Waals surface area (Å²) in [4.78, 5) is 8.29. The Kier molecular flexibility index (Phi) is 6.37. The largest absolute Gasteiger partial charge is 0.500 e. The predicted octanol–water partition coefficient (Wildman–Crippen LogP) is 11.2. The van der Waals surface area contributed by atoms with E-state index in [0.717, 1.165) is 33.8 Å². The second-order valence-corrected chi connectivity index (χ2v) is 11.1. The molecule has 1 radical (unpaired) electrons. The van der Waals surface area contributed by atoms with E-state index >= 15 is 0 Å². The Morgan fingerprint density at radius 3 is 2.26 bits per heavy atom. The van der Waals surface area contributed by atoms with Crippen molar-refractivity contribution in [3.63, 3.8) is 0 Å². The van der Waals surface area contributed by atoms with Crippen LogP contribution in [0.2, 0.25) is 0 Å². The fourth-order valence-electron chi connectivity index (χ4n) is 4.90. The maximum Gasteiger partial charge on any atom is 0.394 e. The first-order valence-corrected chi connectivity index (χ1v) is 14.1. The summed E-state index contributed by atoms with van der Waals surface area (Å²) in [5.41, 5.74) is -1.21. The smallest absolute Gasteiger partial charge is 0.394 e. The van der Waals surface area contributed by atoms with E-state index in [1.54, 1.807) is 24.3 Å². The summed E-state index contributed by atoms with van der Waals surface area (Å²) in [7, 11) is 0. The molecule has 3 aromatic heterocycles. The maximum atomic E-state index is 13.9. The third-order valence-electron chi connectivity index (χ3n) is 7.49. The minimum atomic E-state index is -4.95. The quantitative estimate of drug-likeness (QED) is 0.166. The summed E-state index contributed by atoms with van der Waals surface area (Å²) < 4.78 is 132. The van der Waals surface area contributed by atoms with Crippen LogP contribution in [0.15, 0.2) is 102 Å². The topological polar surface area (TPSA) is 38.9 Å². The molecule has 0 bridgehead atoms. The van der Waals surface area contributed by atoms with E-state index in [0.29, 0.717) is 36.3 Å². The molecule has 7 aromatic rings. The van der Waals surface area contributed by atoms with Gasteiger partial charge in [-0.2, -0.15) is 13.2 Å². The first-order chi connectivity index (χ1) is 26.3. The van der Waals surface area contributed by atoms with Gasteiger partial charge in [0.2, 0.25) is 0 Å². The minimum Gasteiger partial charge on any atom is -0.500 e. The van der Waals surface area contributed by atoms with Gasteiger partial charge in [-0.15, -0.1) is 53.6 Å². The molecule has 0 N–H and O–H groups in total. The van der Waals surface area contributed by atoms with Gasteiger partial charge in [-0.1, -0.05) is 86.2 Å². The number of hydrogen-bond donors (Lipinski definition) is 0. The number of aryl methyl sites for hydroxylation is 3. The van der Waals surface area contributed by atoms with Gasteiger partial charge in [0.15, 0.2) is 0 Å². The van der Waals surface area contributed by atoms with Gasteiger partial charge in [0.25, 0.3) is 0 Å². The summed E-state index contributed by atoms with van der Waals surface area (Å²) in [5, 5.41) is 3.37. The first-order valence-electron chi connectivity index (χ1n) is 19.6. The van der Waals surface area contributed by atoms with Crippen molar-refractivity contribution in [2.24, 2.45) is 5.41 Å². The Balaban J connectivity index is 0.000000259. The monoisotopic (exact) mass is 818 g/mol. The number of nitrogens with zero attached hydrogens (tertiary/aromatic N) is 2. The molecule has 47 heavy (non-hydrogen) atoms. The van der Waals surface area contributed by atoms with E-state index < -0.39 is 49.6 Å². The number of rotatable bonds is 4. The van der Waals surface area contributed by atoms with Crippen LogP contribution in [0.5, 0.6) is 0 Å². The number of aromatic nitrogens is 2. The predicted molar refractivity (Wildman–Crippen MR) is 180 cm³/mol. The molecular formula is C40H33F3IrN2O-2. The fourth-order valence-corrected chi connectivity index (χ4v) is 4.90. The second kappa shape index (κ2) is 13.4. The van der Waals surface area contributed by atoms with E-state index in [1.807, 2.05) is 36.4 Å². The summed E-state index contributed by atoms with van der Waals surface area (Å²) in [6.45, 7) is -5.79. The average molecular weight is 818 g/mol. The van der Waals surface area contributed by atoms with E-state index in [4.69, 9.17) is 19.5 Å². The Morgan fingerprint density at radius 2 is 1.55 bits per heavy atom. The van der Waals surface area contributed by atoms with Gasteiger partial charge >= 0.3 is 6.18 Å². The molecule has 0 saturated carbocycles. The van der Waals surface area contributed by atoms with E-state index in [2.05, 4.69) is 22.1 Å². The van der Waals surface area contributed by atoms with Crippen molar-refractivity contribution in [1.29, 1.82) is 0 Å². The Bertz CT molecular complexity index is 2530. The molecule has 0 aliphatic heterocycles.